The molecule has 2 N–H and O–H groups in total. The van der Waals surface area contributed by atoms with Gasteiger partial charge in [-0.1, -0.05) is 55.6 Å². The van der Waals surface area contributed by atoms with E-state index >= 15 is 0 Å². The zero-order valence-corrected chi connectivity index (χ0v) is 24.5. The lowest BCUT2D eigenvalue weighted by Crippen LogP contribution is -2.31. The van der Waals surface area contributed by atoms with E-state index in [0.29, 0.717) is 16.5 Å². The summed E-state index contributed by atoms with van der Waals surface area (Å²) in [4.78, 5) is 48.4. The summed E-state index contributed by atoms with van der Waals surface area (Å²) in [6.07, 6.45) is -1.64. The highest BCUT2D eigenvalue weighted by molar-refractivity contribution is 5.98. The van der Waals surface area contributed by atoms with Gasteiger partial charge >= 0.3 is 24.1 Å². The van der Waals surface area contributed by atoms with Crippen LogP contribution >= 0.6 is 0 Å². The molecule has 0 saturated carbocycles. The van der Waals surface area contributed by atoms with Gasteiger partial charge in [-0.25, -0.2) is 19.2 Å². The maximum absolute atomic E-state index is 12.7. The summed E-state index contributed by atoms with van der Waals surface area (Å²) in [5.74, 6) is -0.217. The number of carbonyl (C=O) groups is 4. The Morgan fingerprint density at radius 2 is 1.16 bits per heavy atom. The van der Waals surface area contributed by atoms with Gasteiger partial charge in [0.2, 0.25) is 0 Å². The highest BCUT2D eigenvalue weighted by Gasteiger charge is 2.20. The van der Waals surface area contributed by atoms with Crippen LogP contribution in [0, 0.1) is 0 Å². The topological polar surface area (TPSA) is 148 Å². The van der Waals surface area contributed by atoms with Crippen molar-refractivity contribution in [3.63, 3.8) is 0 Å². The average Bonchev–Trinajstić information content (AvgIpc) is 3.01. The third kappa shape index (κ3) is 10.4. The van der Waals surface area contributed by atoms with Crippen LogP contribution in [0.15, 0.2) is 85.0 Å². The summed E-state index contributed by atoms with van der Waals surface area (Å²) in [5, 5.41) is 5.88. The summed E-state index contributed by atoms with van der Waals surface area (Å²) in [6, 6.07) is 17.3. The molecule has 0 bridgehead atoms. The lowest BCUT2D eigenvalue weighted by Gasteiger charge is -2.17. The Bertz CT molecular complexity index is 1500. The molecular formula is C32H34N2O10. The van der Waals surface area contributed by atoms with E-state index in [9.17, 15) is 19.2 Å². The Labute approximate surface area is 254 Å². The molecule has 0 aliphatic rings. The summed E-state index contributed by atoms with van der Waals surface area (Å²) in [6.45, 7) is 10.1. The molecule has 3 aromatic rings. The smallest absolute Gasteiger partial charge is 0.412 e. The number of hydrogen-bond acceptors (Lipinski definition) is 10. The number of para-hydroxylation sites is 1. The third-order valence-electron chi connectivity index (χ3n) is 5.58. The van der Waals surface area contributed by atoms with Crippen molar-refractivity contribution in [1.82, 2.24) is 10.6 Å². The van der Waals surface area contributed by atoms with Crippen LogP contribution in [0.1, 0.15) is 13.8 Å². The Kier molecular flexibility index (Phi) is 12.6. The molecule has 12 heteroatoms. The molecule has 2 amide bonds. The normalized spacial score (nSPS) is 10.2. The first-order valence-corrected chi connectivity index (χ1v) is 13.6. The molecule has 0 aromatic heterocycles. The largest absolute Gasteiger partial charge is 0.490 e. The van der Waals surface area contributed by atoms with Gasteiger partial charge in [0.05, 0.1) is 13.1 Å². The molecule has 0 aliphatic carbocycles. The standard InChI is InChI=1S/C32H34N2O10/c1-21(2)29(35)41-16-14-33-31(37)43-26-20-27(40-19-18-39-23-10-6-5-7-11-23)28(25-13-9-8-12-24(25)26)44-32(38)34-15-17-42-30(36)22(3)4/h5-13,20H,1,3,14-19H2,2,4H3,(H,33,37)(H,34,38). The number of amides is 2. The van der Waals surface area contributed by atoms with E-state index < -0.39 is 24.1 Å². The maximum atomic E-state index is 12.7. The minimum atomic E-state index is -0.831. The van der Waals surface area contributed by atoms with Crippen molar-refractivity contribution in [3.05, 3.63) is 85.0 Å². The predicted octanol–water partition coefficient (Wildman–Crippen LogP) is 4.71. The van der Waals surface area contributed by atoms with Gasteiger partial charge in [0.25, 0.3) is 0 Å². The fourth-order valence-corrected chi connectivity index (χ4v) is 3.52. The van der Waals surface area contributed by atoms with E-state index in [1.165, 1.54) is 19.9 Å². The predicted molar refractivity (Wildman–Crippen MR) is 161 cm³/mol. The highest BCUT2D eigenvalue weighted by atomic mass is 16.6. The molecule has 3 rings (SSSR count). The molecule has 0 saturated heterocycles. The van der Waals surface area contributed by atoms with E-state index in [-0.39, 0.29) is 67.9 Å². The van der Waals surface area contributed by atoms with Crippen molar-refractivity contribution < 1.29 is 47.6 Å². The van der Waals surface area contributed by atoms with Crippen LogP contribution < -0.4 is 29.6 Å². The summed E-state index contributed by atoms with van der Waals surface area (Å²) < 4.78 is 32.7. The number of rotatable bonds is 15. The van der Waals surface area contributed by atoms with E-state index in [1.54, 1.807) is 36.4 Å². The van der Waals surface area contributed by atoms with E-state index in [2.05, 4.69) is 23.8 Å². The van der Waals surface area contributed by atoms with Crippen molar-refractivity contribution in [3.8, 4) is 23.0 Å². The lowest BCUT2D eigenvalue weighted by atomic mass is 10.1. The maximum Gasteiger partial charge on any atom is 0.412 e. The molecule has 0 aliphatic heterocycles. The first-order chi connectivity index (χ1) is 21.2. The van der Waals surface area contributed by atoms with Crippen molar-refractivity contribution in [2.24, 2.45) is 0 Å². The van der Waals surface area contributed by atoms with Crippen LogP contribution in [0.5, 0.6) is 23.0 Å². The molecule has 232 valence electrons. The lowest BCUT2D eigenvalue weighted by molar-refractivity contribution is -0.139. The Morgan fingerprint density at radius 3 is 1.75 bits per heavy atom. The van der Waals surface area contributed by atoms with E-state index in [0.717, 1.165) is 0 Å². The summed E-state index contributed by atoms with van der Waals surface area (Å²) in [7, 11) is 0. The molecular weight excluding hydrogens is 572 g/mol. The molecule has 0 heterocycles. The minimum Gasteiger partial charge on any atom is -0.490 e. The van der Waals surface area contributed by atoms with Gasteiger partial charge in [-0.2, -0.15) is 0 Å². The summed E-state index contributed by atoms with van der Waals surface area (Å²) >= 11 is 0. The third-order valence-corrected chi connectivity index (χ3v) is 5.58. The van der Waals surface area contributed by atoms with Crippen LogP contribution in [0.4, 0.5) is 9.59 Å². The van der Waals surface area contributed by atoms with Crippen LogP contribution in [-0.2, 0) is 19.1 Å². The first-order valence-electron chi connectivity index (χ1n) is 13.6. The number of benzene rings is 3. The Hall–Kier alpha value is -5.52. The fraction of sp³-hybridized carbons (Fsp3) is 0.250. The average molecular weight is 607 g/mol. The van der Waals surface area contributed by atoms with Crippen molar-refractivity contribution >= 4 is 34.9 Å². The minimum absolute atomic E-state index is 0.000979. The molecule has 0 fully saturated rings. The van der Waals surface area contributed by atoms with Gasteiger partial charge in [0.15, 0.2) is 11.5 Å². The molecule has 0 spiro atoms. The second-order valence-corrected chi connectivity index (χ2v) is 9.22. The number of esters is 2. The molecule has 44 heavy (non-hydrogen) atoms. The zero-order chi connectivity index (χ0) is 31.9. The zero-order valence-electron chi connectivity index (χ0n) is 24.5. The summed E-state index contributed by atoms with van der Waals surface area (Å²) in [5.41, 5.74) is 0.474. The number of fused-ring (bicyclic) bond motifs is 1. The fourth-order valence-electron chi connectivity index (χ4n) is 3.52. The van der Waals surface area contributed by atoms with Crippen molar-refractivity contribution in [2.45, 2.75) is 13.8 Å². The monoisotopic (exact) mass is 606 g/mol. The van der Waals surface area contributed by atoms with E-state index in [1.807, 2.05) is 18.2 Å². The number of carbonyl (C=O) groups excluding carboxylic acids is 4. The van der Waals surface area contributed by atoms with Gasteiger partial charge in [-0.15, -0.1) is 0 Å². The molecule has 12 nitrogen and oxygen atoms in total. The van der Waals surface area contributed by atoms with Crippen LogP contribution in [-0.4, -0.2) is 63.6 Å². The molecule has 3 aromatic carbocycles. The van der Waals surface area contributed by atoms with Crippen molar-refractivity contribution in [1.29, 1.82) is 0 Å². The van der Waals surface area contributed by atoms with Gasteiger partial charge in [0.1, 0.15) is 37.9 Å². The molecule has 0 atom stereocenters. The van der Waals surface area contributed by atoms with Crippen LogP contribution in [0.25, 0.3) is 10.8 Å². The highest BCUT2D eigenvalue weighted by Crippen LogP contribution is 2.42. The SMILES string of the molecule is C=C(C)C(=O)OCCNC(=O)Oc1cc(OCCOc2ccccc2)c(OC(=O)NCCOC(=O)C(=C)C)c2ccccc12. The quantitative estimate of drug-likeness (QED) is 0.142. The Balaban J connectivity index is 1.76. The Morgan fingerprint density at radius 1 is 0.636 bits per heavy atom. The van der Waals surface area contributed by atoms with Gasteiger partial charge < -0.3 is 39.1 Å². The first kappa shape index (κ1) is 33.0. The second-order valence-electron chi connectivity index (χ2n) is 9.22. The number of hydrogen-bond donors (Lipinski definition) is 2. The van der Waals surface area contributed by atoms with Gasteiger partial charge in [-0.3, -0.25) is 0 Å². The van der Waals surface area contributed by atoms with Gasteiger partial charge in [0, 0.05) is 28.0 Å². The second kappa shape index (κ2) is 16.8. The van der Waals surface area contributed by atoms with E-state index in [4.69, 9.17) is 28.4 Å². The molecule has 0 unspecified atom stereocenters. The van der Waals surface area contributed by atoms with Crippen LogP contribution in [0.3, 0.4) is 0 Å². The number of nitrogens with one attached hydrogen (secondary N) is 2. The number of ether oxygens (including phenoxy) is 6. The van der Waals surface area contributed by atoms with Crippen molar-refractivity contribution in [2.75, 3.05) is 39.5 Å². The van der Waals surface area contributed by atoms with Crippen LogP contribution in [0.2, 0.25) is 0 Å². The van der Waals surface area contributed by atoms with Gasteiger partial charge in [-0.05, 0) is 26.0 Å². The molecule has 0 radical (unpaired) electrons.